The van der Waals surface area contributed by atoms with Gasteiger partial charge in [-0.3, -0.25) is 0 Å². The van der Waals surface area contributed by atoms with Gasteiger partial charge in [0, 0.05) is 15.4 Å². The summed E-state index contributed by atoms with van der Waals surface area (Å²) < 4.78 is 14.9. The number of thiazole rings is 1. The summed E-state index contributed by atoms with van der Waals surface area (Å²) in [4.78, 5) is 4.49. The van der Waals surface area contributed by atoms with Crippen LogP contribution in [0.15, 0.2) is 52.3 Å². The Morgan fingerprint density at radius 2 is 1.95 bits per heavy atom. The molecule has 0 unspecified atom stereocenters. The summed E-state index contributed by atoms with van der Waals surface area (Å²) in [6.07, 6.45) is 0. The Hall–Kier alpha value is -1.23. The van der Waals surface area contributed by atoms with Gasteiger partial charge in [0.05, 0.1) is 16.3 Å². The van der Waals surface area contributed by atoms with E-state index in [0.29, 0.717) is 15.6 Å². The Balaban J connectivity index is 2.07. The topological polar surface area (TPSA) is 12.9 Å². The predicted octanol–water partition coefficient (Wildman–Crippen LogP) is 6.03. The first kappa shape index (κ1) is 13.7. The molecule has 0 atom stereocenters. The maximum atomic E-state index is 13.9. The van der Waals surface area contributed by atoms with Crippen molar-refractivity contribution in [2.24, 2.45) is 0 Å². The van der Waals surface area contributed by atoms with Gasteiger partial charge in [-0.15, -0.1) is 11.3 Å². The van der Waals surface area contributed by atoms with Gasteiger partial charge in [-0.05, 0) is 24.3 Å². The Bertz CT molecular complexity index is 752. The van der Waals surface area contributed by atoms with Crippen LogP contribution in [0.3, 0.4) is 0 Å². The highest BCUT2D eigenvalue weighted by atomic mass is 79.9. The molecule has 3 aromatic rings. The highest BCUT2D eigenvalue weighted by molar-refractivity contribution is 9.10. The summed E-state index contributed by atoms with van der Waals surface area (Å²) in [6.45, 7) is 0. The minimum Gasteiger partial charge on any atom is -0.236 e. The predicted molar refractivity (Wildman–Crippen MR) is 85.7 cm³/mol. The maximum Gasteiger partial charge on any atom is 0.134 e. The van der Waals surface area contributed by atoms with Crippen molar-refractivity contribution in [1.82, 2.24) is 4.98 Å². The van der Waals surface area contributed by atoms with E-state index < -0.39 is 0 Å². The molecule has 0 aliphatic heterocycles. The van der Waals surface area contributed by atoms with Crippen molar-refractivity contribution in [1.29, 1.82) is 0 Å². The van der Waals surface area contributed by atoms with Crippen LogP contribution in [-0.4, -0.2) is 4.98 Å². The zero-order valence-electron chi connectivity index (χ0n) is 10.1. The van der Waals surface area contributed by atoms with Crippen molar-refractivity contribution in [2.75, 3.05) is 0 Å². The van der Waals surface area contributed by atoms with Gasteiger partial charge in [-0.2, -0.15) is 0 Å². The fraction of sp³-hybridized carbons (Fsp3) is 0. The second-order valence-corrected chi connectivity index (χ2v) is 6.33. The Morgan fingerprint density at radius 3 is 2.70 bits per heavy atom. The Labute approximate surface area is 133 Å². The molecule has 0 aliphatic carbocycles. The highest BCUT2D eigenvalue weighted by Crippen LogP contribution is 2.35. The molecule has 1 aromatic heterocycles. The lowest BCUT2D eigenvalue weighted by Gasteiger charge is -2.01. The number of hydrogen-bond donors (Lipinski definition) is 0. The van der Waals surface area contributed by atoms with E-state index in [2.05, 4.69) is 20.9 Å². The van der Waals surface area contributed by atoms with Gasteiger partial charge in [-0.25, -0.2) is 9.37 Å². The molecule has 20 heavy (non-hydrogen) atoms. The van der Waals surface area contributed by atoms with Crippen molar-refractivity contribution in [2.45, 2.75) is 0 Å². The lowest BCUT2D eigenvalue weighted by Crippen LogP contribution is -1.85. The first-order chi connectivity index (χ1) is 9.65. The molecule has 0 radical (unpaired) electrons. The lowest BCUT2D eigenvalue weighted by atomic mass is 10.2. The molecular weight excluding hydrogens is 361 g/mol. The van der Waals surface area contributed by atoms with Gasteiger partial charge in [0.25, 0.3) is 0 Å². The second kappa shape index (κ2) is 5.64. The summed E-state index contributed by atoms with van der Waals surface area (Å²) in [7, 11) is 0. The molecule has 0 amide bonds. The van der Waals surface area contributed by atoms with Gasteiger partial charge in [0.15, 0.2) is 0 Å². The van der Waals surface area contributed by atoms with E-state index in [4.69, 9.17) is 11.6 Å². The third kappa shape index (κ3) is 2.64. The molecule has 0 saturated heterocycles. The summed E-state index contributed by atoms with van der Waals surface area (Å²) in [5, 5.41) is 2.86. The molecule has 0 spiro atoms. The molecule has 0 fully saturated rings. The SMILES string of the molecule is Fc1cccc(Cl)c1-c1nc(-c2cccc(Br)c2)cs1. The molecule has 1 heterocycles. The van der Waals surface area contributed by atoms with Gasteiger partial charge >= 0.3 is 0 Å². The van der Waals surface area contributed by atoms with Crippen LogP contribution >= 0.6 is 38.9 Å². The number of halogens is 3. The van der Waals surface area contributed by atoms with Gasteiger partial charge in [0.1, 0.15) is 10.8 Å². The second-order valence-electron chi connectivity index (χ2n) is 4.14. The normalized spacial score (nSPS) is 10.8. The van der Waals surface area contributed by atoms with Crippen molar-refractivity contribution in [3.8, 4) is 21.8 Å². The molecule has 0 bridgehead atoms. The first-order valence-corrected chi connectivity index (χ1v) is 7.86. The van der Waals surface area contributed by atoms with Crippen molar-refractivity contribution < 1.29 is 4.39 Å². The minimum absolute atomic E-state index is 0.354. The number of aromatic nitrogens is 1. The van der Waals surface area contributed by atoms with Gasteiger partial charge < -0.3 is 0 Å². The summed E-state index contributed by atoms with van der Waals surface area (Å²) >= 11 is 10.9. The van der Waals surface area contributed by atoms with E-state index in [1.807, 2.05) is 29.6 Å². The molecule has 0 aliphatic rings. The van der Waals surface area contributed by atoms with E-state index >= 15 is 0 Å². The zero-order chi connectivity index (χ0) is 14.1. The molecule has 3 rings (SSSR count). The Kier molecular flexibility index (Phi) is 3.87. The fourth-order valence-electron chi connectivity index (χ4n) is 1.87. The van der Waals surface area contributed by atoms with E-state index in [-0.39, 0.29) is 5.82 Å². The number of benzene rings is 2. The minimum atomic E-state index is -0.354. The van der Waals surface area contributed by atoms with E-state index in [0.717, 1.165) is 15.7 Å². The number of rotatable bonds is 2. The van der Waals surface area contributed by atoms with Crippen LogP contribution in [0.25, 0.3) is 21.8 Å². The van der Waals surface area contributed by atoms with Gasteiger partial charge in [-0.1, -0.05) is 45.7 Å². The van der Waals surface area contributed by atoms with Crippen molar-refractivity contribution >= 4 is 38.9 Å². The van der Waals surface area contributed by atoms with E-state index in [1.165, 1.54) is 17.4 Å². The summed E-state index contributed by atoms with van der Waals surface area (Å²) in [5.74, 6) is -0.354. The third-order valence-corrected chi connectivity index (χ3v) is 4.47. The largest absolute Gasteiger partial charge is 0.236 e. The quantitative estimate of drug-likeness (QED) is 0.538. The Morgan fingerprint density at radius 1 is 1.15 bits per heavy atom. The molecule has 2 aromatic carbocycles. The van der Waals surface area contributed by atoms with Crippen LogP contribution < -0.4 is 0 Å². The molecule has 1 nitrogen and oxygen atoms in total. The number of nitrogens with zero attached hydrogens (tertiary/aromatic N) is 1. The lowest BCUT2D eigenvalue weighted by molar-refractivity contribution is 0.631. The molecule has 0 N–H and O–H groups in total. The standard InChI is InChI=1S/C15H8BrClFNS/c16-10-4-1-3-9(7-10)13-8-20-15(19-13)14-11(17)5-2-6-12(14)18/h1-8H. The van der Waals surface area contributed by atoms with Crippen LogP contribution in [0.2, 0.25) is 5.02 Å². The maximum absolute atomic E-state index is 13.9. The third-order valence-electron chi connectivity index (χ3n) is 2.80. The molecule has 100 valence electrons. The highest BCUT2D eigenvalue weighted by Gasteiger charge is 2.14. The monoisotopic (exact) mass is 367 g/mol. The van der Waals surface area contributed by atoms with Crippen LogP contribution in [0, 0.1) is 5.82 Å². The first-order valence-electron chi connectivity index (χ1n) is 5.81. The summed E-state index contributed by atoms with van der Waals surface area (Å²) in [5.41, 5.74) is 2.15. The van der Waals surface area contributed by atoms with E-state index in [1.54, 1.807) is 12.1 Å². The fourth-order valence-corrected chi connectivity index (χ4v) is 3.47. The molecule has 5 heteroatoms. The van der Waals surface area contributed by atoms with E-state index in [9.17, 15) is 4.39 Å². The smallest absolute Gasteiger partial charge is 0.134 e. The van der Waals surface area contributed by atoms with Crippen LogP contribution in [0.4, 0.5) is 4.39 Å². The molecule has 0 saturated carbocycles. The zero-order valence-corrected chi connectivity index (χ0v) is 13.3. The van der Waals surface area contributed by atoms with Crippen LogP contribution in [0.1, 0.15) is 0 Å². The number of hydrogen-bond acceptors (Lipinski definition) is 2. The summed E-state index contributed by atoms with van der Waals surface area (Å²) in [6, 6.07) is 12.5. The van der Waals surface area contributed by atoms with Crippen LogP contribution in [0.5, 0.6) is 0 Å². The van der Waals surface area contributed by atoms with Crippen molar-refractivity contribution in [3.63, 3.8) is 0 Å². The average Bonchev–Trinajstić information content (AvgIpc) is 2.88. The van der Waals surface area contributed by atoms with Gasteiger partial charge in [0.2, 0.25) is 0 Å². The molecular formula is C15H8BrClFNS. The van der Waals surface area contributed by atoms with Crippen LogP contribution in [-0.2, 0) is 0 Å². The average molecular weight is 369 g/mol. The van der Waals surface area contributed by atoms with Crippen molar-refractivity contribution in [3.05, 3.63) is 63.2 Å².